The largest absolute Gasteiger partial charge is 0.493 e. The lowest BCUT2D eigenvalue weighted by molar-refractivity contribution is -0.131. The number of pyridine rings is 1. The number of carbonyl (C=O) groups is 1. The zero-order chi connectivity index (χ0) is 22.8. The molecule has 0 fully saturated rings. The highest BCUT2D eigenvalue weighted by Gasteiger charge is 2.25. The predicted molar refractivity (Wildman–Crippen MR) is 120 cm³/mol. The maximum absolute atomic E-state index is 11.8. The van der Waals surface area contributed by atoms with Crippen molar-refractivity contribution >= 4 is 16.9 Å². The molecule has 1 aliphatic rings. The summed E-state index contributed by atoms with van der Waals surface area (Å²) in [7, 11) is 3.24. The van der Waals surface area contributed by atoms with Crippen LogP contribution < -0.4 is 25.1 Å². The molecule has 1 heterocycles. The standard InChI is InChI=1S/C24H26N2O6/c1-13(27)32-20-6-4-17(18-5-7-23(29)26-24(18)20)19(28)12-25-16-8-14-10-21(30-2)22(31-3)11-15(14)9-16/h4-7,10-11,16,19,25,28H,8-9,12H2,1-3H3,(H,26,29). The van der Waals surface area contributed by atoms with Gasteiger partial charge in [-0.2, -0.15) is 0 Å². The van der Waals surface area contributed by atoms with Gasteiger partial charge in [0.15, 0.2) is 17.2 Å². The Kier molecular flexibility index (Phi) is 6.16. The summed E-state index contributed by atoms with van der Waals surface area (Å²) in [5, 5.41) is 15.0. The first kappa shape index (κ1) is 21.9. The van der Waals surface area contributed by atoms with Crippen LogP contribution in [0.5, 0.6) is 17.2 Å². The molecule has 8 nitrogen and oxygen atoms in total. The minimum absolute atomic E-state index is 0.169. The Bertz CT molecular complexity index is 1190. The van der Waals surface area contributed by atoms with Crippen LogP contribution in [0.1, 0.15) is 29.7 Å². The summed E-state index contributed by atoms with van der Waals surface area (Å²) in [6.45, 7) is 1.62. The van der Waals surface area contributed by atoms with E-state index in [-0.39, 0.29) is 17.4 Å². The normalized spacial score (nSPS) is 14.2. The fraction of sp³-hybridized carbons (Fsp3) is 0.333. The van der Waals surface area contributed by atoms with Crippen LogP contribution in [-0.2, 0) is 17.6 Å². The van der Waals surface area contributed by atoms with E-state index in [2.05, 4.69) is 10.3 Å². The number of rotatable bonds is 7. The third-order valence-corrected chi connectivity index (χ3v) is 5.74. The van der Waals surface area contributed by atoms with Crippen molar-refractivity contribution in [3.05, 3.63) is 63.4 Å². The van der Waals surface area contributed by atoms with Gasteiger partial charge in [-0.05, 0) is 53.8 Å². The molecule has 1 unspecified atom stereocenters. The van der Waals surface area contributed by atoms with Crippen molar-refractivity contribution in [3.63, 3.8) is 0 Å². The summed E-state index contributed by atoms with van der Waals surface area (Å²) in [4.78, 5) is 25.9. The van der Waals surface area contributed by atoms with Gasteiger partial charge in [-0.3, -0.25) is 9.59 Å². The fourth-order valence-corrected chi connectivity index (χ4v) is 4.26. The summed E-state index contributed by atoms with van der Waals surface area (Å²) >= 11 is 0. The van der Waals surface area contributed by atoms with E-state index in [1.54, 1.807) is 32.4 Å². The van der Waals surface area contributed by atoms with Gasteiger partial charge in [-0.25, -0.2) is 0 Å². The molecule has 32 heavy (non-hydrogen) atoms. The van der Waals surface area contributed by atoms with Gasteiger partial charge in [0, 0.05) is 31.0 Å². The van der Waals surface area contributed by atoms with E-state index in [4.69, 9.17) is 14.2 Å². The SMILES string of the molecule is COc1cc2c(cc1OC)CC(NCC(O)c1ccc(OC(C)=O)c3[nH]c(=O)ccc13)C2. The number of carbonyl (C=O) groups excluding carboxylic acids is 1. The van der Waals surface area contributed by atoms with Crippen LogP contribution in [0, 0.1) is 0 Å². The first-order valence-electron chi connectivity index (χ1n) is 10.4. The fourth-order valence-electron chi connectivity index (χ4n) is 4.26. The highest BCUT2D eigenvalue weighted by molar-refractivity contribution is 5.89. The number of methoxy groups -OCH3 is 2. The Hall–Kier alpha value is -3.36. The van der Waals surface area contributed by atoms with E-state index >= 15 is 0 Å². The monoisotopic (exact) mass is 438 g/mol. The highest BCUT2D eigenvalue weighted by Crippen LogP contribution is 2.35. The second-order valence-electron chi connectivity index (χ2n) is 7.86. The summed E-state index contributed by atoms with van der Waals surface area (Å²) in [5.74, 6) is 1.18. The minimum Gasteiger partial charge on any atom is -0.493 e. The summed E-state index contributed by atoms with van der Waals surface area (Å²) in [5.41, 5.74) is 3.10. The van der Waals surface area contributed by atoms with Crippen LogP contribution in [0.15, 0.2) is 41.2 Å². The summed E-state index contributed by atoms with van der Waals surface area (Å²) < 4.78 is 16.0. The number of hydrogen-bond donors (Lipinski definition) is 3. The summed E-state index contributed by atoms with van der Waals surface area (Å²) in [6.07, 6.45) is 0.826. The number of aromatic amines is 1. The van der Waals surface area contributed by atoms with E-state index < -0.39 is 12.1 Å². The topological polar surface area (TPSA) is 110 Å². The molecule has 0 aliphatic heterocycles. The van der Waals surface area contributed by atoms with Gasteiger partial charge >= 0.3 is 5.97 Å². The van der Waals surface area contributed by atoms with Gasteiger partial charge in [0.05, 0.1) is 25.8 Å². The van der Waals surface area contributed by atoms with E-state index in [0.717, 1.165) is 12.8 Å². The van der Waals surface area contributed by atoms with Crippen LogP contribution in [-0.4, -0.2) is 42.9 Å². The molecule has 0 amide bonds. The first-order chi connectivity index (χ1) is 15.4. The number of esters is 1. The van der Waals surface area contributed by atoms with Crippen molar-refractivity contribution in [1.82, 2.24) is 10.3 Å². The maximum Gasteiger partial charge on any atom is 0.308 e. The first-order valence-corrected chi connectivity index (χ1v) is 10.4. The molecular weight excluding hydrogens is 412 g/mol. The number of benzene rings is 2. The zero-order valence-electron chi connectivity index (χ0n) is 18.2. The maximum atomic E-state index is 11.8. The van der Waals surface area contributed by atoms with E-state index in [1.807, 2.05) is 12.1 Å². The molecule has 1 atom stereocenters. The number of aliphatic hydroxyl groups is 1. The van der Waals surface area contributed by atoms with Crippen molar-refractivity contribution in [3.8, 4) is 17.2 Å². The Morgan fingerprint density at radius 1 is 1.09 bits per heavy atom. The molecule has 0 bridgehead atoms. The van der Waals surface area contributed by atoms with E-state index in [9.17, 15) is 14.7 Å². The van der Waals surface area contributed by atoms with Gasteiger partial charge in [0.25, 0.3) is 0 Å². The average Bonchev–Trinajstić information content (AvgIpc) is 3.18. The average molecular weight is 438 g/mol. The lowest BCUT2D eigenvalue weighted by Crippen LogP contribution is -2.33. The third kappa shape index (κ3) is 4.32. The smallest absolute Gasteiger partial charge is 0.308 e. The van der Waals surface area contributed by atoms with Gasteiger partial charge in [-0.15, -0.1) is 0 Å². The molecule has 4 rings (SSSR count). The van der Waals surface area contributed by atoms with E-state index in [1.165, 1.54) is 24.1 Å². The molecule has 0 radical (unpaired) electrons. The number of nitrogens with one attached hydrogen (secondary N) is 2. The Labute approximate surface area is 185 Å². The molecule has 2 aromatic carbocycles. The quantitative estimate of drug-likeness (QED) is 0.383. The van der Waals surface area contributed by atoms with Gasteiger partial charge in [-0.1, -0.05) is 6.07 Å². The molecular formula is C24H26N2O6. The minimum atomic E-state index is -0.817. The molecule has 0 saturated carbocycles. The van der Waals surface area contributed by atoms with Gasteiger partial charge in [0.2, 0.25) is 5.56 Å². The van der Waals surface area contributed by atoms with Crippen LogP contribution in [0.4, 0.5) is 0 Å². The van der Waals surface area contributed by atoms with Gasteiger partial charge in [0.1, 0.15) is 0 Å². The molecule has 0 spiro atoms. The van der Waals surface area contributed by atoms with Crippen molar-refractivity contribution in [2.75, 3.05) is 20.8 Å². The van der Waals surface area contributed by atoms with E-state index in [0.29, 0.717) is 34.5 Å². The third-order valence-electron chi connectivity index (χ3n) is 5.74. The lowest BCUT2D eigenvalue weighted by atomic mass is 10.0. The number of H-pyrrole nitrogens is 1. The van der Waals surface area contributed by atoms with Crippen LogP contribution in [0.3, 0.4) is 0 Å². The molecule has 8 heteroatoms. The summed E-state index contributed by atoms with van der Waals surface area (Å²) in [6, 6.07) is 10.5. The lowest BCUT2D eigenvalue weighted by Gasteiger charge is -2.18. The van der Waals surface area contributed by atoms with Gasteiger partial charge < -0.3 is 29.6 Å². The molecule has 1 aromatic heterocycles. The van der Waals surface area contributed by atoms with Crippen LogP contribution >= 0.6 is 0 Å². The van der Waals surface area contributed by atoms with Crippen molar-refractivity contribution in [1.29, 1.82) is 0 Å². The number of aliphatic hydroxyl groups excluding tert-OH is 1. The van der Waals surface area contributed by atoms with Crippen molar-refractivity contribution in [2.45, 2.75) is 31.9 Å². The van der Waals surface area contributed by atoms with Crippen LogP contribution in [0.2, 0.25) is 0 Å². The molecule has 3 aromatic rings. The van der Waals surface area contributed by atoms with Crippen molar-refractivity contribution in [2.24, 2.45) is 0 Å². The number of aromatic nitrogens is 1. The van der Waals surface area contributed by atoms with Crippen LogP contribution in [0.25, 0.3) is 10.9 Å². The Balaban J connectivity index is 1.50. The Morgan fingerprint density at radius 2 is 1.75 bits per heavy atom. The number of ether oxygens (including phenoxy) is 3. The zero-order valence-corrected chi connectivity index (χ0v) is 18.2. The molecule has 1 aliphatic carbocycles. The van der Waals surface area contributed by atoms with Crippen molar-refractivity contribution < 1.29 is 24.1 Å². The predicted octanol–water partition coefficient (Wildman–Crippen LogP) is 2.26. The number of fused-ring (bicyclic) bond motifs is 2. The molecule has 168 valence electrons. The highest BCUT2D eigenvalue weighted by atomic mass is 16.5. The molecule has 0 saturated heterocycles. The second-order valence-corrected chi connectivity index (χ2v) is 7.86. The molecule has 3 N–H and O–H groups in total. The second kappa shape index (κ2) is 9.02. The number of hydrogen-bond acceptors (Lipinski definition) is 7. The Morgan fingerprint density at radius 3 is 2.34 bits per heavy atom.